The Kier molecular flexibility index (Phi) is 5.05. The average molecular weight is 337 g/mol. The van der Waals surface area contributed by atoms with Crippen LogP contribution in [0.5, 0.6) is 0 Å². The minimum atomic E-state index is 0.204. The van der Waals surface area contributed by atoms with Gasteiger partial charge in [-0.2, -0.15) is 0 Å². The zero-order chi connectivity index (χ0) is 17.1. The van der Waals surface area contributed by atoms with Crippen LogP contribution in [0.1, 0.15) is 47.5 Å². The van der Waals surface area contributed by atoms with Crippen LogP contribution in [-0.4, -0.2) is 14.8 Å². The summed E-state index contributed by atoms with van der Waals surface area (Å²) in [6, 6.07) is 19.2. The number of aryl methyl sites for hydroxylation is 1. The SMILES string of the molecule is Cc1ccccc1C(Sc1nnc(C(C)C)n1C)c1ccccc1. The quantitative estimate of drug-likeness (QED) is 0.605. The molecule has 2 aromatic carbocycles. The fraction of sp³-hybridized carbons (Fsp3) is 0.300. The lowest BCUT2D eigenvalue weighted by Crippen LogP contribution is -2.04. The minimum Gasteiger partial charge on any atom is -0.309 e. The highest BCUT2D eigenvalue weighted by atomic mass is 32.2. The molecule has 0 aliphatic heterocycles. The molecule has 0 aliphatic carbocycles. The van der Waals surface area contributed by atoms with Crippen LogP contribution in [0.15, 0.2) is 59.8 Å². The molecule has 124 valence electrons. The average Bonchev–Trinajstić information content (AvgIpc) is 2.95. The van der Waals surface area contributed by atoms with Gasteiger partial charge in [0.15, 0.2) is 5.16 Å². The lowest BCUT2D eigenvalue weighted by molar-refractivity contribution is 0.679. The molecule has 3 nitrogen and oxygen atoms in total. The molecule has 0 bridgehead atoms. The maximum absolute atomic E-state index is 4.43. The molecule has 0 radical (unpaired) electrons. The van der Waals surface area contributed by atoms with Crippen LogP contribution in [0.2, 0.25) is 0 Å². The first-order valence-corrected chi connectivity index (χ1v) is 9.12. The standard InChI is InChI=1S/C20H23N3S/c1-14(2)19-21-22-20(23(19)4)24-18(16-11-6-5-7-12-16)17-13-9-8-10-15(17)3/h5-14,18H,1-4H3. The van der Waals surface area contributed by atoms with E-state index in [0.717, 1.165) is 11.0 Å². The van der Waals surface area contributed by atoms with Crippen LogP contribution in [0.4, 0.5) is 0 Å². The largest absolute Gasteiger partial charge is 0.309 e. The summed E-state index contributed by atoms with van der Waals surface area (Å²) in [6.07, 6.45) is 0. The van der Waals surface area contributed by atoms with Gasteiger partial charge in [0.05, 0.1) is 5.25 Å². The van der Waals surface area contributed by atoms with E-state index in [1.807, 2.05) is 0 Å². The van der Waals surface area contributed by atoms with Crippen molar-refractivity contribution < 1.29 is 0 Å². The Morgan fingerprint density at radius 1 is 0.917 bits per heavy atom. The van der Waals surface area contributed by atoms with Gasteiger partial charge in [-0.05, 0) is 23.6 Å². The highest BCUT2D eigenvalue weighted by Crippen LogP contribution is 2.41. The number of nitrogens with zero attached hydrogens (tertiary/aromatic N) is 3. The molecule has 4 heteroatoms. The molecule has 3 rings (SSSR count). The molecule has 1 atom stereocenters. The summed E-state index contributed by atoms with van der Waals surface area (Å²) >= 11 is 1.76. The van der Waals surface area contributed by atoms with Gasteiger partial charge in [0.2, 0.25) is 0 Å². The summed E-state index contributed by atoms with van der Waals surface area (Å²) in [5, 5.41) is 9.96. The van der Waals surface area contributed by atoms with Crippen molar-refractivity contribution in [2.75, 3.05) is 0 Å². The molecule has 0 amide bonds. The summed E-state index contributed by atoms with van der Waals surface area (Å²) < 4.78 is 2.11. The summed E-state index contributed by atoms with van der Waals surface area (Å²) in [5.74, 6) is 1.39. The molecule has 3 aromatic rings. The van der Waals surface area contributed by atoms with Gasteiger partial charge in [-0.1, -0.05) is 80.2 Å². The summed E-state index contributed by atoms with van der Waals surface area (Å²) in [7, 11) is 2.05. The first kappa shape index (κ1) is 16.8. The molecule has 24 heavy (non-hydrogen) atoms. The second-order valence-corrected chi connectivity index (χ2v) is 7.39. The third-order valence-electron chi connectivity index (χ3n) is 4.18. The van der Waals surface area contributed by atoms with Crippen molar-refractivity contribution in [3.05, 3.63) is 77.1 Å². The van der Waals surface area contributed by atoms with E-state index in [9.17, 15) is 0 Å². The molecular weight excluding hydrogens is 314 g/mol. The zero-order valence-electron chi connectivity index (χ0n) is 14.6. The maximum atomic E-state index is 4.43. The normalized spacial score (nSPS) is 12.5. The Morgan fingerprint density at radius 3 is 2.21 bits per heavy atom. The van der Waals surface area contributed by atoms with Crippen LogP contribution < -0.4 is 0 Å². The number of thioether (sulfide) groups is 1. The van der Waals surface area contributed by atoms with Crippen molar-refractivity contribution in [3.63, 3.8) is 0 Å². The van der Waals surface area contributed by atoms with Gasteiger partial charge in [-0.3, -0.25) is 0 Å². The van der Waals surface area contributed by atoms with Crippen molar-refractivity contribution >= 4 is 11.8 Å². The third-order valence-corrected chi connectivity index (χ3v) is 5.51. The van der Waals surface area contributed by atoms with E-state index < -0.39 is 0 Å². The molecule has 0 saturated carbocycles. The molecule has 0 spiro atoms. The Hall–Kier alpha value is -2.07. The Balaban J connectivity index is 2.02. The van der Waals surface area contributed by atoms with Crippen LogP contribution >= 0.6 is 11.8 Å². The van der Waals surface area contributed by atoms with Crippen molar-refractivity contribution in [2.24, 2.45) is 7.05 Å². The second-order valence-electron chi connectivity index (χ2n) is 6.32. The lowest BCUT2D eigenvalue weighted by Gasteiger charge is -2.19. The van der Waals surface area contributed by atoms with Crippen molar-refractivity contribution in [1.29, 1.82) is 0 Å². The van der Waals surface area contributed by atoms with E-state index in [1.165, 1.54) is 16.7 Å². The van der Waals surface area contributed by atoms with E-state index in [2.05, 4.69) is 97.2 Å². The van der Waals surface area contributed by atoms with Gasteiger partial charge < -0.3 is 4.57 Å². The van der Waals surface area contributed by atoms with E-state index in [-0.39, 0.29) is 5.25 Å². The Labute approximate surface area is 148 Å². The number of hydrogen-bond acceptors (Lipinski definition) is 3. The molecule has 1 heterocycles. The predicted molar refractivity (Wildman–Crippen MR) is 100 cm³/mol. The molecule has 0 aliphatic rings. The van der Waals surface area contributed by atoms with E-state index in [1.54, 1.807) is 11.8 Å². The zero-order valence-corrected chi connectivity index (χ0v) is 15.4. The van der Waals surface area contributed by atoms with E-state index in [0.29, 0.717) is 5.92 Å². The highest BCUT2D eigenvalue weighted by molar-refractivity contribution is 7.99. The van der Waals surface area contributed by atoms with Crippen LogP contribution in [-0.2, 0) is 7.05 Å². The fourth-order valence-corrected chi connectivity index (χ4v) is 4.09. The van der Waals surface area contributed by atoms with Gasteiger partial charge in [-0.15, -0.1) is 10.2 Å². The van der Waals surface area contributed by atoms with Gasteiger partial charge in [0.25, 0.3) is 0 Å². The summed E-state index contributed by atoms with van der Waals surface area (Å²) in [4.78, 5) is 0. The molecule has 1 aromatic heterocycles. The number of benzene rings is 2. The van der Waals surface area contributed by atoms with Crippen LogP contribution in [0, 0.1) is 6.92 Å². The number of aromatic nitrogens is 3. The van der Waals surface area contributed by atoms with Gasteiger partial charge in [-0.25, -0.2) is 0 Å². The first-order valence-electron chi connectivity index (χ1n) is 8.24. The van der Waals surface area contributed by atoms with E-state index in [4.69, 9.17) is 0 Å². The first-order chi connectivity index (χ1) is 11.6. The van der Waals surface area contributed by atoms with Crippen molar-refractivity contribution in [2.45, 2.75) is 37.1 Å². The van der Waals surface area contributed by atoms with Crippen molar-refractivity contribution in [3.8, 4) is 0 Å². The summed E-state index contributed by atoms with van der Waals surface area (Å²) in [5.41, 5.74) is 3.90. The summed E-state index contributed by atoms with van der Waals surface area (Å²) in [6.45, 7) is 6.46. The monoisotopic (exact) mass is 337 g/mol. The smallest absolute Gasteiger partial charge is 0.191 e. The predicted octanol–water partition coefficient (Wildman–Crippen LogP) is 5.13. The second kappa shape index (κ2) is 7.22. The van der Waals surface area contributed by atoms with Gasteiger partial charge >= 0.3 is 0 Å². The Bertz CT molecular complexity index is 809. The highest BCUT2D eigenvalue weighted by Gasteiger charge is 2.21. The molecule has 0 fully saturated rings. The number of hydrogen-bond donors (Lipinski definition) is 0. The van der Waals surface area contributed by atoms with E-state index >= 15 is 0 Å². The minimum absolute atomic E-state index is 0.204. The number of rotatable bonds is 5. The maximum Gasteiger partial charge on any atom is 0.191 e. The topological polar surface area (TPSA) is 30.7 Å². The van der Waals surface area contributed by atoms with Crippen LogP contribution in [0.3, 0.4) is 0 Å². The lowest BCUT2D eigenvalue weighted by atomic mass is 10.0. The van der Waals surface area contributed by atoms with Crippen LogP contribution in [0.25, 0.3) is 0 Å². The third kappa shape index (κ3) is 3.39. The van der Waals surface area contributed by atoms with Gasteiger partial charge in [0, 0.05) is 13.0 Å². The molecular formula is C20H23N3S. The Morgan fingerprint density at radius 2 is 1.58 bits per heavy atom. The molecule has 0 saturated heterocycles. The molecule has 1 unspecified atom stereocenters. The molecule has 0 N–H and O–H groups in total. The fourth-order valence-electron chi connectivity index (χ4n) is 2.86. The van der Waals surface area contributed by atoms with Crippen molar-refractivity contribution in [1.82, 2.24) is 14.8 Å². The van der Waals surface area contributed by atoms with Gasteiger partial charge in [0.1, 0.15) is 5.82 Å².